The lowest BCUT2D eigenvalue weighted by Crippen LogP contribution is -2.32. The van der Waals surface area contributed by atoms with E-state index in [1.807, 2.05) is 26.4 Å². The maximum absolute atomic E-state index is 13.7. The highest BCUT2D eigenvalue weighted by Gasteiger charge is 2.43. The van der Waals surface area contributed by atoms with Gasteiger partial charge in [-0.05, 0) is 73.4 Å². The molecule has 7 nitrogen and oxygen atoms in total. The molecule has 1 aliphatic heterocycles. The first kappa shape index (κ1) is 21.9. The van der Waals surface area contributed by atoms with Gasteiger partial charge in [0.05, 0.1) is 11.4 Å². The average Bonchev–Trinajstić information content (AvgIpc) is 3.53. The summed E-state index contributed by atoms with van der Waals surface area (Å²) in [5.74, 6) is 1.52. The smallest absolute Gasteiger partial charge is 0.222 e. The van der Waals surface area contributed by atoms with Gasteiger partial charge in [-0.3, -0.25) is 4.79 Å². The van der Waals surface area contributed by atoms with Crippen molar-refractivity contribution in [3.8, 4) is 22.5 Å². The molecule has 1 fully saturated rings. The molecule has 1 aromatic carbocycles. The molecule has 0 atom stereocenters. The maximum atomic E-state index is 13.7. The van der Waals surface area contributed by atoms with Crippen LogP contribution >= 0.6 is 0 Å². The Morgan fingerprint density at radius 3 is 2.60 bits per heavy atom. The second-order valence-electron chi connectivity index (χ2n) is 10.4. The van der Waals surface area contributed by atoms with E-state index >= 15 is 0 Å². The Bertz CT molecular complexity index is 1400. The fraction of sp³-hybridized carbons (Fsp3) is 0.407. The molecule has 0 bridgehead atoms. The zero-order chi connectivity index (χ0) is 24.2. The van der Waals surface area contributed by atoms with Crippen molar-refractivity contribution in [2.24, 2.45) is 11.3 Å². The Hall–Kier alpha value is -3.55. The first-order valence-electron chi connectivity index (χ1n) is 12.3. The van der Waals surface area contributed by atoms with Crippen LogP contribution in [-0.2, 0) is 17.8 Å². The second kappa shape index (κ2) is 8.29. The van der Waals surface area contributed by atoms with Crippen LogP contribution in [0.4, 0.5) is 4.39 Å². The summed E-state index contributed by atoms with van der Waals surface area (Å²) in [5, 5.41) is 4.32. The first-order valence-corrected chi connectivity index (χ1v) is 12.3. The summed E-state index contributed by atoms with van der Waals surface area (Å²) in [6.07, 6.45) is 9.49. The van der Waals surface area contributed by atoms with E-state index in [0.717, 1.165) is 72.6 Å². The van der Waals surface area contributed by atoms with Crippen LogP contribution in [-0.4, -0.2) is 49.1 Å². The molecule has 0 N–H and O–H groups in total. The first-order chi connectivity index (χ1) is 16.9. The molecule has 1 amide bonds. The number of nitrogens with zero attached hydrogens (tertiary/aromatic N) is 6. The van der Waals surface area contributed by atoms with Crippen LogP contribution in [0.25, 0.3) is 28.2 Å². The molecule has 6 rings (SSSR count). The van der Waals surface area contributed by atoms with E-state index in [9.17, 15) is 9.18 Å². The van der Waals surface area contributed by atoms with E-state index < -0.39 is 0 Å². The van der Waals surface area contributed by atoms with Crippen LogP contribution in [0.5, 0.6) is 0 Å². The third kappa shape index (κ3) is 3.90. The lowest BCUT2D eigenvalue weighted by atomic mass is 9.69. The quantitative estimate of drug-likeness (QED) is 0.435. The number of pyridine rings is 1. The Morgan fingerprint density at radius 1 is 1.11 bits per heavy atom. The van der Waals surface area contributed by atoms with Gasteiger partial charge in [0.2, 0.25) is 5.91 Å². The molecule has 3 aromatic heterocycles. The highest BCUT2D eigenvalue weighted by Crippen LogP contribution is 2.49. The lowest BCUT2D eigenvalue weighted by Gasteiger charge is -2.37. The second-order valence-corrected chi connectivity index (χ2v) is 10.4. The third-order valence-corrected chi connectivity index (χ3v) is 7.87. The number of hydrogen-bond acceptors (Lipinski definition) is 4. The van der Waals surface area contributed by atoms with Gasteiger partial charge in [-0.1, -0.05) is 0 Å². The third-order valence-electron chi connectivity index (χ3n) is 7.87. The van der Waals surface area contributed by atoms with Gasteiger partial charge >= 0.3 is 0 Å². The number of carbonyl (C=O) groups excluding carboxylic acids is 1. The SMILES string of the molecule is CN(C)C(=O)CC1CCC2(CC1)Cc1nc(-c3ccc(F)cc3)c(-c3ccc4ncnn4c3)n1C2. The molecule has 2 aliphatic rings. The molecule has 4 heterocycles. The van der Waals surface area contributed by atoms with Crippen molar-refractivity contribution in [3.05, 3.63) is 60.6 Å². The Morgan fingerprint density at radius 2 is 1.86 bits per heavy atom. The van der Waals surface area contributed by atoms with Crippen molar-refractivity contribution < 1.29 is 9.18 Å². The van der Waals surface area contributed by atoms with E-state index in [0.29, 0.717) is 12.3 Å². The summed E-state index contributed by atoms with van der Waals surface area (Å²) >= 11 is 0. The van der Waals surface area contributed by atoms with Crippen LogP contribution in [0.3, 0.4) is 0 Å². The molecule has 1 spiro atoms. The minimum atomic E-state index is -0.255. The Labute approximate surface area is 203 Å². The molecule has 35 heavy (non-hydrogen) atoms. The van der Waals surface area contributed by atoms with Gasteiger partial charge in [0.15, 0.2) is 5.65 Å². The maximum Gasteiger partial charge on any atom is 0.222 e. The molecule has 180 valence electrons. The number of amides is 1. The number of benzene rings is 1. The molecule has 1 saturated carbocycles. The monoisotopic (exact) mass is 472 g/mol. The zero-order valence-corrected chi connectivity index (χ0v) is 20.1. The normalized spacial score (nSPS) is 21.5. The molecule has 0 radical (unpaired) electrons. The molecular formula is C27H29FN6O. The van der Waals surface area contributed by atoms with E-state index in [2.05, 4.69) is 20.7 Å². The molecule has 0 saturated heterocycles. The topological polar surface area (TPSA) is 68.3 Å². The summed E-state index contributed by atoms with van der Waals surface area (Å²) in [4.78, 5) is 23.3. The summed E-state index contributed by atoms with van der Waals surface area (Å²) < 4.78 is 17.8. The van der Waals surface area contributed by atoms with Crippen LogP contribution < -0.4 is 0 Å². The summed E-state index contributed by atoms with van der Waals surface area (Å²) in [6, 6.07) is 10.6. The minimum Gasteiger partial charge on any atom is -0.349 e. The summed E-state index contributed by atoms with van der Waals surface area (Å²) in [6.45, 7) is 0.912. The fourth-order valence-electron chi connectivity index (χ4n) is 5.85. The standard InChI is InChI=1S/C27H29FN6O/c1-32(2)24(35)13-18-9-11-27(12-10-18)14-23-31-25(19-3-6-21(28)7-4-19)26(33(23)16-27)20-5-8-22-29-17-30-34(22)15-20/h3-8,15,17-18H,9-14,16H2,1-2H3. The van der Waals surface area contributed by atoms with Gasteiger partial charge < -0.3 is 9.47 Å². The van der Waals surface area contributed by atoms with Gasteiger partial charge in [0, 0.05) is 50.8 Å². The number of aromatic nitrogens is 5. The van der Waals surface area contributed by atoms with Crippen molar-refractivity contribution in [1.82, 2.24) is 29.0 Å². The largest absolute Gasteiger partial charge is 0.349 e. The highest BCUT2D eigenvalue weighted by atomic mass is 19.1. The number of fused-ring (bicyclic) bond motifs is 2. The number of carbonyl (C=O) groups is 1. The van der Waals surface area contributed by atoms with Crippen molar-refractivity contribution in [3.63, 3.8) is 0 Å². The van der Waals surface area contributed by atoms with Crippen molar-refractivity contribution in [2.75, 3.05) is 14.1 Å². The number of rotatable bonds is 4. The van der Waals surface area contributed by atoms with Crippen molar-refractivity contribution in [1.29, 1.82) is 0 Å². The van der Waals surface area contributed by atoms with Gasteiger partial charge in [0.25, 0.3) is 0 Å². The fourth-order valence-corrected chi connectivity index (χ4v) is 5.85. The van der Waals surface area contributed by atoms with Crippen LogP contribution in [0.1, 0.15) is 37.9 Å². The van der Waals surface area contributed by atoms with Gasteiger partial charge in [-0.15, -0.1) is 0 Å². The van der Waals surface area contributed by atoms with E-state index in [-0.39, 0.29) is 17.1 Å². The molecular weight excluding hydrogens is 443 g/mol. The Kier molecular flexibility index (Phi) is 5.20. The molecule has 1 aliphatic carbocycles. The molecule has 0 unspecified atom stereocenters. The van der Waals surface area contributed by atoms with Gasteiger partial charge in [0.1, 0.15) is 18.0 Å². The number of imidazole rings is 1. The van der Waals surface area contributed by atoms with E-state index in [1.165, 1.54) is 12.1 Å². The van der Waals surface area contributed by atoms with Crippen LogP contribution in [0.2, 0.25) is 0 Å². The van der Waals surface area contributed by atoms with Crippen LogP contribution in [0, 0.1) is 17.2 Å². The average molecular weight is 473 g/mol. The predicted octanol–water partition coefficient (Wildman–Crippen LogP) is 4.61. The van der Waals surface area contributed by atoms with Gasteiger partial charge in [-0.2, -0.15) is 5.10 Å². The lowest BCUT2D eigenvalue weighted by molar-refractivity contribution is -0.130. The summed E-state index contributed by atoms with van der Waals surface area (Å²) in [5.41, 5.74) is 4.82. The van der Waals surface area contributed by atoms with Crippen LogP contribution in [0.15, 0.2) is 48.9 Å². The zero-order valence-electron chi connectivity index (χ0n) is 20.1. The molecule has 8 heteroatoms. The Balaban J connectivity index is 1.34. The van der Waals surface area contributed by atoms with E-state index in [4.69, 9.17) is 4.98 Å². The van der Waals surface area contributed by atoms with Gasteiger partial charge in [-0.25, -0.2) is 18.9 Å². The predicted molar refractivity (Wildman–Crippen MR) is 131 cm³/mol. The summed E-state index contributed by atoms with van der Waals surface area (Å²) in [7, 11) is 3.67. The number of hydrogen-bond donors (Lipinski definition) is 0. The van der Waals surface area contributed by atoms with E-state index in [1.54, 1.807) is 27.9 Å². The van der Waals surface area contributed by atoms with Crippen molar-refractivity contribution >= 4 is 11.6 Å². The highest BCUT2D eigenvalue weighted by molar-refractivity contribution is 5.79. The molecule has 4 aromatic rings. The minimum absolute atomic E-state index is 0.188. The number of halogens is 1. The van der Waals surface area contributed by atoms with Crippen molar-refractivity contribution in [2.45, 2.75) is 45.1 Å².